The molecule has 0 spiro atoms. The number of nitrogens with one attached hydrogen (secondary N) is 1. The summed E-state index contributed by atoms with van der Waals surface area (Å²) in [7, 11) is -1.20. The largest absolute Gasteiger partial charge is 0.397 e. The maximum Gasteiger partial charge on any atom is 0.239 e. The molecular weight excluding hydrogens is 291 g/mol. The van der Waals surface area contributed by atoms with Crippen LogP contribution in [0.1, 0.15) is 32.6 Å². The molecular formula is C15H21FN2O2S. The second kappa shape index (κ2) is 7.02. The molecule has 1 aliphatic rings. The number of amides is 1. The highest BCUT2D eigenvalue weighted by Gasteiger charge is 2.25. The Morgan fingerprint density at radius 2 is 2.14 bits per heavy atom. The zero-order valence-electron chi connectivity index (χ0n) is 12.1. The molecule has 0 radical (unpaired) electrons. The van der Waals surface area contributed by atoms with Crippen molar-refractivity contribution in [1.29, 1.82) is 0 Å². The second-order valence-corrected chi connectivity index (χ2v) is 7.36. The minimum atomic E-state index is -1.20. The molecule has 2 unspecified atom stereocenters. The van der Waals surface area contributed by atoms with E-state index in [9.17, 15) is 13.4 Å². The van der Waals surface area contributed by atoms with E-state index in [-0.39, 0.29) is 11.6 Å². The number of hydrogen-bond donors (Lipinski definition) is 2. The molecule has 1 amide bonds. The van der Waals surface area contributed by atoms with Gasteiger partial charge in [-0.25, -0.2) is 4.39 Å². The van der Waals surface area contributed by atoms with Gasteiger partial charge in [0.1, 0.15) is 11.1 Å². The average molecular weight is 312 g/mol. The molecule has 1 saturated carbocycles. The molecule has 1 aliphatic carbocycles. The van der Waals surface area contributed by atoms with Crippen LogP contribution in [0.25, 0.3) is 0 Å². The zero-order valence-corrected chi connectivity index (χ0v) is 12.9. The number of rotatable bonds is 5. The SMILES string of the molecule is CC(C(=O)Nc1ccc(F)cc1N)S(=O)CC1CCCC1. The standard InChI is InChI=1S/C15H21FN2O2S/c1-10(21(20)9-11-4-2-3-5-11)15(19)18-14-7-6-12(16)8-13(14)17/h6-8,10-11H,2-5,9,17H2,1H3,(H,18,19). The normalized spacial score (nSPS) is 18.4. The van der Waals surface area contributed by atoms with E-state index in [1.807, 2.05) is 0 Å². The molecule has 3 N–H and O–H groups in total. The highest BCUT2D eigenvalue weighted by atomic mass is 32.2. The first kappa shape index (κ1) is 15.9. The molecule has 4 nitrogen and oxygen atoms in total. The Labute approximate surface area is 126 Å². The number of carbonyl (C=O) groups is 1. The summed E-state index contributed by atoms with van der Waals surface area (Å²) in [5.74, 6) is 0.248. The van der Waals surface area contributed by atoms with Gasteiger partial charge >= 0.3 is 0 Å². The summed E-state index contributed by atoms with van der Waals surface area (Å²) < 4.78 is 25.2. The number of benzene rings is 1. The summed E-state index contributed by atoms with van der Waals surface area (Å²) in [4.78, 5) is 12.1. The fourth-order valence-electron chi connectivity index (χ4n) is 2.55. The van der Waals surface area contributed by atoms with E-state index in [0.717, 1.165) is 18.9 Å². The maximum absolute atomic E-state index is 13.0. The van der Waals surface area contributed by atoms with Gasteiger partial charge in [0.25, 0.3) is 0 Å². The fourth-order valence-corrected chi connectivity index (χ4v) is 3.94. The summed E-state index contributed by atoms with van der Waals surface area (Å²) in [5, 5.41) is 2.02. The van der Waals surface area contributed by atoms with Gasteiger partial charge in [0.2, 0.25) is 5.91 Å². The summed E-state index contributed by atoms with van der Waals surface area (Å²) in [6.45, 7) is 1.65. The van der Waals surface area contributed by atoms with E-state index in [0.29, 0.717) is 17.4 Å². The van der Waals surface area contributed by atoms with Crippen molar-refractivity contribution in [3.05, 3.63) is 24.0 Å². The minimum absolute atomic E-state index is 0.164. The van der Waals surface area contributed by atoms with Gasteiger partial charge in [-0.3, -0.25) is 9.00 Å². The molecule has 6 heteroatoms. The Kier molecular flexibility index (Phi) is 5.33. The van der Waals surface area contributed by atoms with Crippen molar-refractivity contribution in [2.45, 2.75) is 37.9 Å². The van der Waals surface area contributed by atoms with Crippen LogP contribution in [0, 0.1) is 11.7 Å². The summed E-state index contributed by atoms with van der Waals surface area (Å²) in [6.07, 6.45) is 4.58. The van der Waals surface area contributed by atoms with E-state index in [1.165, 1.54) is 25.0 Å². The van der Waals surface area contributed by atoms with Gasteiger partial charge in [-0.05, 0) is 43.9 Å². The van der Waals surface area contributed by atoms with Gasteiger partial charge in [-0.2, -0.15) is 0 Å². The number of nitrogens with two attached hydrogens (primary N) is 1. The third-order valence-corrected chi connectivity index (χ3v) is 5.71. The third kappa shape index (κ3) is 4.27. The van der Waals surface area contributed by atoms with Crippen LogP contribution in [0.4, 0.5) is 15.8 Å². The molecule has 0 aliphatic heterocycles. The first-order valence-corrected chi connectivity index (χ1v) is 8.58. The van der Waals surface area contributed by atoms with Gasteiger partial charge < -0.3 is 11.1 Å². The van der Waals surface area contributed by atoms with Gasteiger partial charge in [0.15, 0.2) is 0 Å². The van der Waals surface area contributed by atoms with Gasteiger partial charge in [0, 0.05) is 16.6 Å². The first-order valence-electron chi connectivity index (χ1n) is 7.20. The fraction of sp³-hybridized carbons (Fsp3) is 0.533. The molecule has 21 heavy (non-hydrogen) atoms. The van der Waals surface area contributed by atoms with Crippen LogP contribution < -0.4 is 11.1 Å². The molecule has 2 atom stereocenters. The number of halogens is 1. The van der Waals surface area contributed by atoms with E-state index >= 15 is 0 Å². The lowest BCUT2D eigenvalue weighted by Gasteiger charge is -2.15. The zero-order chi connectivity index (χ0) is 15.4. The van der Waals surface area contributed by atoms with Crippen LogP contribution in [0.3, 0.4) is 0 Å². The summed E-state index contributed by atoms with van der Waals surface area (Å²) in [5.41, 5.74) is 6.16. The van der Waals surface area contributed by atoms with Crippen LogP contribution >= 0.6 is 0 Å². The maximum atomic E-state index is 13.0. The third-order valence-electron chi connectivity index (χ3n) is 3.91. The molecule has 1 aromatic carbocycles. The molecule has 1 fully saturated rings. The van der Waals surface area contributed by atoms with Crippen LogP contribution in [-0.4, -0.2) is 21.1 Å². The van der Waals surface area contributed by atoms with Crippen molar-refractivity contribution in [3.8, 4) is 0 Å². The van der Waals surface area contributed by atoms with Crippen molar-refractivity contribution in [2.24, 2.45) is 5.92 Å². The monoisotopic (exact) mass is 312 g/mol. The molecule has 0 aromatic heterocycles. The van der Waals surface area contributed by atoms with Crippen LogP contribution in [0.5, 0.6) is 0 Å². The van der Waals surface area contributed by atoms with Crippen LogP contribution in [0.2, 0.25) is 0 Å². The topological polar surface area (TPSA) is 72.2 Å². The Morgan fingerprint density at radius 1 is 1.48 bits per heavy atom. The lowest BCUT2D eigenvalue weighted by atomic mass is 10.1. The van der Waals surface area contributed by atoms with Crippen molar-refractivity contribution >= 4 is 28.1 Å². The molecule has 116 valence electrons. The van der Waals surface area contributed by atoms with Gasteiger partial charge in [-0.15, -0.1) is 0 Å². The van der Waals surface area contributed by atoms with E-state index < -0.39 is 21.9 Å². The number of nitrogen functional groups attached to an aromatic ring is 1. The predicted octanol–water partition coefficient (Wildman–Crippen LogP) is 2.67. The van der Waals surface area contributed by atoms with Crippen molar-refractivity contribution in [3.63, 3.8) is 0 Å². The second-order valence-electron chi connectivity index (χ2n) is 5.56. The average Bonchev–Trinajstić information content (AvgIpc) is 2.93. The van der Waals surface area contributed by atoms with E-state index in [4.69, 9.17) is 5.73 Å². The Hall–Kier alpha value is -1.43. The minimum Gasteiger partial charge on any atom is -0.397 e. The number of anilines is 2. The highest BCUT2D eigenvalue weighted by Crippen LogP contribution is 2.26. The molecule has 2 rings (SSSR count). The van der Waals surface area contributed by atoms with E-state index in [1.54, 1.807) is 6.92 Å². The smallest absolute Gasteiger partial charge is 0.239 e. The molecule has 1 aromatic rings. The van der Waals surface area contributed by atoms with Crippen LogP contribution in [0.15, 0.2) is 18.2 Å². The lowest BCUT2D eigenvalue weighted by molar-refractivity contribution is -0.115. The molecule has 0 saturated heterocycles. The Bertz CT molecular complexity index is 544. The Balaban J connectivity index is 1.93. The lowest BCUT2D eigenvalue weighted by Crippen LogP contribution is -2.31. The predicted molar refractivity (Wildman–Crippen MR) is 83.9 cm³/mol. The number of carbonyl (C=O) groups excluding carboxylic acids is 1. The van der Waals surface area contributed by atoms with Crippen molar-refractivity contribution < 1.29 is 13.4 Å². The molecule has 0 heterocycles. The summed E-state index contributed by atoms with van der Waals surface area (Å²) in [6, 6.07) is 3.79. The molecule has 0 bridgehead atoms. The van der Waals surface area contributed by atoms with E-state index in [2.05, 4.69) is 5.32 Å². The highest BCUT2D eigenvalue weighted by molar-refractivity contribution is 7.86. The van der Waals surface area contributed by atoms with Gasteiger partial charge in [0.05, 0.1) is 11.4 Å². The van der Waals surface area contributed by atoms with Gasteiger partial charge in [-0.1, -0.05) is 12.8 Å². The number of hydrogen-bond acceptors (Lipinski definition) is 3. The summed E-state index contributed by atoms with van der Waals surface area (Å²) >= 11 is 0. The van der Waals surface area contributed by atoms with Crippen molar-refractivity contribution in [2.75, 3.05) is 16.8 Å². The quantitative estimate of drug-likeness (QED) is 0.821. The first-order chi connectivity index (χ1) is 9.97. The van der Waals surface area contributed by atoms with Crippen molar-refractivity contribution in [1.82, 2.24) is 0 Å². The Morgan fingerprint density at radius 3 is 2.76 bits per heavy atom. The van der Waals surface area contributed by atoms with Crippen LogP contribution in [-0.2, 0) is 15.6 Å².